The normalized spacial score (nSPS) is 22.0. The monoisotopic (exact) mass is 246 g/mol. The molecule has 1 fully saturated rings. The summed E-state index contributed by atoms with van der Waals surface area (Å²) in [5, 5.41) is 0. The predicted octanol–water partition coefficient (Wildman–Crippen LogP) is 0.143. The highest BCUT2D eigenvalue weighted by atomic mass is 16.6. The van der Waals surface area contributed by atoms with Gasteiger partial charge in [0.05, 0.1) is 26.9 Å². The Kier molecular flexibility index (Phi) is 5.37. The molecule has 17 heavy (non-hydrogen) atoms. The maximum Gasteiger partial charge on any atom is 0.347 e. The van der Waals surface area contributed by atoms with Gasteiger partial charge in [0, 0.05) is 5.92 Å². The third kappa shape index (κ3) is 3.98. The molecule has 0 aromatic carbocycles. The van der Waals surface area contributed by atoms with Gasteiger partial charge in [-0.25, -0.2) is 9.59 Å². The third-order valence-corrected chi connectivity index (χ3v) is 2.36. The van der Waals surface area contributed by atoms with Crippen molar-refractivity contribution in [3.05, 3.63) is 0 Å². The molecular weight excluding hydrogens is 228 g/mol. The van der Waals surface area contributed by atoms with E-state index in [9.17, 15) is 9.59 Å². The van der Waals surface area contributed by atoms with Gasteiger partial charge in [-0.15, -0.1) is 0 Å². The van der Waals surface area contributed by atoms with Crippen LogP contribution < -0.4 is 0 Å². The minimum atomic E-state index is -0.905. The molecule has 6 nitrogen and oxygen atoms in total. The fourth-order valence-electron chi connectivity index (χ4n) is 1.40. The van der Waals surface area contributed by atoms with E-state index in [0.717, 1.165) is 0 Å². The summed E-state index contributed by atoms with van der Waals surface area (Å²) in [5.74, 6) is -1.31. The Morgan fingerprint density at radius 2 is 2.00 bits per heavy atom. The Balaban J connectivity index is 2.54. The van der Waals surface area contributed by atoms with Gasteiger partial charge in [0.25, 0.3) is 0 Å². The molecule has 2 atom stereocenters. The average molecular weight is 246 g/mol. The molecule has 0 aliphatic carbocycles. The molecule has 0 aromatic heterocycles. The molecule has 0 saturated carbocycles. The zero-order valence-electron chi connectivity index (χ0n) is 10.3. The maximum atomic E-state index is 11.7. The number of methoxy groups -OCH3 is 1. The lowest BCUT2D eigenvalue weighted by Crippen LogP contribution is -2.41. The molecule has 0 unspecified atom stereocenters. The lowest BCUT2D eigenvalue weighted by molar-refractivity contribution is -0.185. The fraction of sp³-hybridized carbons (Fsp3) is 0.818. The van der Waals surface area contributed by atoms with Crippen LogP contribution in [0.1, 0.15) is 13.8 Å². The van der Waals surface area contributed by atoms with Crippen LogP contribution in [0.3, 0.4) is 0 Å². The van der Waals surface area contributed by atoms with E-state index >= 15 is 0 Å². The first-order valence-corrected chi connectivity index (χ1v) is 5.54. The molecule has 0 aromatic rings. The molecule has 1 aliphatic rings. The van der Waals surface area contributed by atoms with E-state index in [1.54, 1.807) is 13.8 Å². The summed E-state index contributed by atoms with van der Waals surface area (Å²) >= 11 is 0. The molecule has 1 saturated heterocycles. The van der Waals surface area contributed by atoms with Gasteiger partial charge >= 0.3 is 11.9 Å². The minimum absolute atomic E-state index is 0.157. The van der Waals surface area contributed by atoms with Gasteiger partial charge in [-0.05, 0) is 0 Å². The zero-order valence-corrected chi connectivity index (χ0v) is 10.3. The smallest absolute Gasteiger partial charge is 0.347 e. The van der Waals surface area contributed by atoms with Crippen LogP contribution >= 0.6 is 0 Å². The molecule has 0 amide bonds. The Labute approximate surface area is 100 Å². The first-order valence-electron chi connectivity index (χ1n) is 5.54. The van der Waals surface area contributed by atoms with E-state index < -0.39 is 24.1 Å². The first-order chi connectivity index (χ1) is 8.06. The van der Waals surface area contributed by atoms with Crippen LogP contribution in [0.25, 0.3) is 0 Å². The number of rotatable bonds is 4. The molecule has 0 radical (unpaired) electrons. The van der Waals surface area contributed by atoms with E-state index in [4.69, 9.17) is 14.2 Å². The number of esters is 2. The Morgan fingerprint density at radius 3 is 2.47 bits per heavy atom. The fourth-order valence-corrected chi connectivity index (χ4v) is 1.40. The second-order valence-corrected chi connectivity index (χ2v) is 4.06. The molecule has 1 heterocycles. The highest BCUT2D eigenvalue weighted by Gasteiger charge is 2.32. The van der Waals surface area contributed by atoms with Crippen molar-refractivity contribution in [3.8, 4) is 0 Å². The first kappa shape index (κ1) is 13.9. The Bertz CT molecular complexity index is 269. The van der Waals surface area contributed by atoms with Crippen LogP contribution in [0.2, 0.25) is 0 Å². The van der Waals surface area contributed by atoms with E-state index in [0.29, 0.717) is 13.2 Å². The molecule has 1 rings (SSSR count). The largest absolute Gasteiger partial charge is 0.466 e. The minimum Gasteiger partial charge on any atom is -0.466 e. The molecule has 0 bridgehead atoms. The summed E-state index contributed by atoms with van der Waals surface area (Å²) < 4.78 is 19.9. The molecule has 0 spiro atoms. The number of carbonyl (C=O) groups is 2. The predicted molar refractivity (Wildman–Crippen MR) is 57.3 cm³/mol. The van der Waals surface area contributed by atoms with Crippen molar-refractivity contribution < 1.29 is 28.5 Å². The number of hydrogen-bond acceptors (Lipinski definition) is 6. The van der Waals surface area contributed by atoms with Crippen LogP contribution in [0, 0.1) is 5.92 Å². The quantitative estimate of drug-likeness (QED) is 0.657. The highest BCUT2D eigenvalue weighted by molar-refractivity contribution is 5.81. The molecule has 98 valence electrons. The Morgan fingerprint density at radius 1 is 1.29 bits per heavy atom. The summed E-state index contributed by atoms with van der Waals surface area (Å²) in [7, 11) is 1.26. The van der Waals surface area contributed by atoms with Crippen LogP contribution in [0.15, 0.2) is 0 Å². The summed E-state index contributed by atoms with van der Waals surface area (Å²) in [6.07, 6.45) is -1.66. The molecule has 6 heteroatoms. The second-order valence-electron chi connectivity index (χ2n) is 4.06. The van der Waals surface area contributed by atoms with E-state index in [1.807, 2.05) is 0 Å². The van der Waals surface area contributed by atoms with Gasteiger partial charge in [-0.3, -0.25) is 0 Å². The highest BCUT2D eigenvalue weighted by Crippen LogP contribution is 2.12. The van der Waals surface area contributed by atoms with Crippen molar-refractivity contribution in [1.29, 1.82) is 0 Å². The van der Waals surface area contributed by atoms with Gasteiger partial charge in [-0.2, -0.15) is 0 Å². The van der Waals surface area contributed by atoms with Crippen molar-refractivity contribution in [3.63, 3.8) is 0 Å². The Hall–Kier alpha value is -1.14. The lowest BCUT2D eigenvalue weighted by atomic mass is 10.1. The number of ether oxygens (including phenoxy) is 4. The maximum absolute atomic E-state index is 11.7. The van der Waals surface area contributed by atoms with Gasteiger partial charge in [0.2, 0.25) is 6.10 Å². The van der Waals surface area contributed by atoms with Crippen molar-refractivity contribution in [2.24, 2.45) is 5.92 Å². The third-order valence-electron chi connectivity index (χ3n) is 2.36. The van der Waals surface area contributed by atoms with Crippen molar-refractivity contribution in [2.45, 2.75) is 26.1 Å². The van der Waals surface area contributed by atoms with Crippen molar-refractivity contribution in [2.75, 3.05) is 26.9 Å². The van der Waals surface area contributed by atoms with E-state index in [2.05, 4.69) is 4.74 Å². The van der Waals surface area contributed by atoms with Crippen LogP contribution in [-0.4, -0.2) is 51.1 Å². The average Bonchev–Trinajstić information content (AvgIpc) is 2.35. The van der Waals surface area contributed by atoms with Gasteiger partial charge in [0.15, 0.2) is 6.10 Å². The molecule has 1 aliphatic heterocycles. The SMILES string of the molecule is COC(=O)[C@@H](OC(=O)[C@@H]1COCCO1)C(C)C. The summed E-state index contributed by atoms with van der Waals surface area (Å²) in [6.45, 7) is 4.52. The van der Waals surface area contributed by atoms with Gasteiger partial charge in [0.1, 0.15) is 0 Å². The molecule has 0 N–H and O–H groups in total. The second kappa shape index (κ2) is 6.56. The van der Waals surface area contributed by atoms with Crippen LogP contribution in [-0.2, 0) is 28.5 Å². The zero-order chi connectivity index (χ0) is 12.8. The molecular formula is C11H18O6. The summed E-state index contributed by atoms with van der Waals surface area (Å²) in [4.78, 5) is 23.1. The van der Waals surface area contributed by atoms with Gasteiger partial charge in [-0.1, -0.05) is 13.8 Å². The van der Waals surface area contributed by atoms with E-state index in [1.165, 1.54) is 7.11 Å². The standard InChI is InChI=1S/C11H18O6/c1-7(2)9(11(13)14-3)17-10(12)8-6-15-4-5-16-8/h7-9H,4-6H2,1-3H3/t8-,9-/m0/s1. The number of hydrogen-bond donors (Lipinski definition) is 0. The summed E-state index contributed by atoms with van der Waals surface area (Å²) in [5.41, 5.74) is 0. The van der Waals surface area contributed by atoms with Gasteiger partial charge < -0.3 is 18.9 Å². The summed E-state index contributed by atoms with van der Waals surface area (Å²) in [6, 6.07) is 0. The lowest BCUT2D eigenvalue weighted by Gasteiger charge is -2.25. The topological polar surface area (TPSA) is 71.1 Å². The van der Waals surface area contributed by atoms with Crippen molar-refractivity contribution in [1.82, 2.24) is 0 Å². The number of carbonyl (C=O) groups excluding carboxylic acids is 2. The van der Waals surface area contributed by atoms with E-state index in [-0.39, 0.29) is 12.5 Å². The van der Waals surface area contributed by atoms with Crippen LogP contribution in [0.4, 0.5) is 0 Å². The van der Waals surface area contributed by atoms with Crippen molar-refractivity contribution >= 4 is 11.9 Å². The van der Waals surface area contributed by atoms with Crippen LogP contribution in [0.5, 0.6) is 0 Å².